The van der Waals surface area contributed by atoms with Crippen molar-refractivity contribution < 1.29 is 27.9 Å². The molecule has 11 heteroatoms. The monoisotopic (exact) mass is 535 g/mol. The molecule has 2 saturated heterocycles. The first-order valence-electron chi connectivity index (χ1n) is 13.1. The van der Waals surface area contributed by atoms with Crippen molar-refractivity contribution >= 4 is 28.6 Å². The van der Waals surface area contributed by atoms with Crippen molar-refractivity contribution in [1.82, 2.24) is 24.9 Å². The lowest BCUT2D eigenvalue weighted by Crippen LogP contribution is -2.58. The number of fused-ring (bicyclic) bond motifs is 5. The van der Waals surface area contributed by atoms with Gasteiger partial charge in [0.15, 0.2) is 0 Å². The lowest BCUT2D eigenvalue weighted by atomic mass is 9.71. The number of imide groups is 1. The van der Waals surface area contributed by atoms with Gasteiger partial charge >= 0.3 is 0 Å². The molecule has 202 valence electrons. The van der Waals surface area contributed by atoms with Gasteiger partial charge in [-0.2, -0.15) is 5.10 Å². The number of halogens is 2. The highest BCUT2D eigenvalue weighted by Crippen LogP contribution is 2.55. The Bertz CT molecular complexity index is 1570. The maximum absolute atomic E-state index is 16.0. The van der Waals surface area contributed by atoms with Crippen LogP contribution in [0.2, 0.25) is 0 Å². The Balaban J connectivity index is 1.14. The number of piperidine rings is 2. The van der Waals surface area contributed by atoms with Crippen LogP contribution in [-0.4, -0.2) is 69.0 Å². The summed E-state index contributed by atoms with van der Waals surface area (Å²) in [5, 5.41) is 7.54. The number of benzene rings is 2. The molecule has 0 aliphatic carbocycles. The third-order valence-corrected chi connectivity index (χ3v) is 8.84. The molecule has 4 aliphatic rings. The van der Waals surface area contributed by atoms with Gasteiger partial charge in [0.2, 0.25) is 11.8 Å². The second-order valence-corrected chi connectivity index (χ2v) is 11.1. The number of likely N-dealkylation sites (tertiary alicyclic amines) is 1. The Hall–Kier alpha value is -3.86. The summed E-state index contributed by atoms with van der Waals surface area (Å²) < 4.78 is 39.8. The normalized spacial score (nSPS) is 26.2. The van der Waals surface area contributed by atoms with Gasteiger partial charge in [0.05, 0.1) is 30.2 Å². The number of nitrogens with one attached hydrogen (secondary N) is 1. The van der Waals surface area contributed by atoms with Crippen LogP contribution in [0.3, 0.4) is 0 Å². The molecular weight excluding hydrogens is 508 g/mol. The van der Waals surface area contributed by atoms with E-state index in [1.54, 1.807) is 27.9 Å². The molecule has 3 amide bonds. The first-order valence-corrected chi connectivity index (χ1v) is 13.1. The van der Waals surface area contributed by atoms with E-state index >= 15 is 8.78 Å². The standard InChI is InChI=1S/C28H27F2N5O4/c1-33-22-10-16(2-3-17(22)11-31-33)12-34-9-8-27(28(29,30)14-34)15-39-24-19-13-35(21-6-7-23(36)32-25(21)37)26(38)18(19)4-5-20(24)27/h2-5,10-11,21H,6-9,12-15H2,1H3,(H,32,36,37)/t21-,27?/m0/s1. The number of rotatable bonds is 3. The Kier molecular flexibility index (Phi) is 5.16. The molecule has 7 rings (SSSR count). The van der Waals surface area contributed by atoms with Gasteiger partial charge in [0.1, 0.15) is 18.4 Å². The third-order valence-electron chi connectivity index (χ3n) is 8.84. The Morgan fingerprint density at radius 1 is 1.18 bits per heavy atom. The molecule has 2 aromatic carbocycles. The van der Waals surface area contributed by atoms with E-state index in [2.05, 4.69) is 10.4 Å². The fourth-order valence-electron chi connectivity index (χ4n) is 6.66. The van der Waals surface area contributed by atoms with Crippen molar-refractivity contribution in [2.45, 2.75) is 49.7 Å². The van der Waals surface area contributed by atoms with E-state index in [-0.39, 0.29) is 44.2 Å². The number of amides is 3. The number of carbonyl (C=O) groups is 3. The smallest absolute Gasteiger partial charge is 0.273 e. The number of carbonyl (C=O) groups excluding carboxylic acids is 3. The van der Waals surface area contributed by atoms with Gasteiger partial charge in [-0.25, -0.2) is 8.78 Å². The zero-order valence-electron chi connectivity index (χ0n) is 21.4. The van der Waals surface area contributed by atoms with E-state index in [1.165, 1.54) is 4.90 Å². The van der Waals surface area contributed by atoms with Crippen molar-refractivity contribution in [2.75, 3.05) is 19.7 Å². The summed E-state index contributed by atoms with van der Waals surface area (Å²) in [6.07, 6.45) is 2.38. The summed E-state index contributed by atoms with van der Waals surface area (Å²) in [4.78, 5) is 40.3. The van der Waals surface area contributed by atoms with Gasteiger partial charge in [-0.3, -0.25) is 29.3 Å². The van der Waals surface area contributed by atoms with E-state index in [1.807, 2.05) is 25.2 Å². The van der Waals surface area contributed by atoms with Crippen LogP contribution in [0.5, 0.6) is 5.75 Å². The first kappa shape index (κ1) is 24.2. The minimum absolute atomic E-state index is 0.0912. The molecule has 0 radical (unpaired) electrons. The summed E-state index contributed by atoms with van der Waals surface area (Å²) in [5.41, 5.74) is 1.76. The fraction of sp³-hybridized carbons (Fsp3) is 0.429. The lowest BCUT2D eigenvalue weighted by Gasteiger charge is -2.44. The largest absolute Gasteiger partial charge is 0.492 e. The van der Waals surface area contributed by atoms with Crippen LogP contribution in [0.4, 0.5) is 8.78 Å². The number of aryl methyl sites for hydroxylation is 1. The highest BCUT2D eigenvalue weighted by atomic mass is 19.3. The fourth-order valence-corrected chi connectivity index (χ4v) is 6.66. The molecule has 2 fully saturated rings. The predicted molar refractivity (Wildman–Crippen MR) is 135 cm³/mol. The van der Waals surface area contributed by atoms with Gasteiger partial charge in [-0.15, -0.1) is 0 Å². The minimum atomic E-state index is -3.06. The average molecular weight is 536 g/mol. The van der Waals surface area contributed by atoms with Crippen molar-refractivity contribution in [3.63, 3.8) is 0 Å². The maximum Gasteiger partial charge on any atom is 0.273 e. The molecule has 0 bridgehead atoms. The molecule has 1 aromatic heterocycles. The lowest BCUT2D eigenvalue weighted by molar-refractivity contribution is -0.137. The molecule has 1 unspecified atom stereocenters. The third kappa shape index (κ3) is 3.52. The van der Waals surface area contributed by atoms with Crippen LogP contribution in [0.1, 0.15) is 46.3 Å². The molecule has 0 saturated carbocycles. The zero-order chi connectivity index (χ0) is 27.1. The Labute approximate surface area is 222 Å². The second kappa shape index (κ2) is 8.32. The second-order valence-electron chi connectivity index (χ2n) is 11.1. The summed E-state index contributed by atoms with van der Waals surface area (Å²) in [6.45, 7) is 0.402. The number of ether oxygens (including phenoxy) is 1. The molecule has 2 atom stereocenters. The molecule has 3 aromatic rings. The molecule has 5 heterocycles. The predicted octanol–water partition coefficient (Wildman–Crippen LogP) is 2.51. The minimum Gasteiger partial charge on any atom is -0.492 e. The Morgan fingerprint density at radius 2 is 2.03 bits per heavy atom. The SMILES string of the molecule is Cn1ncc2ccc(CN3CCC4(COc5c4ccc4c5CN([C@H]5CCC(=O)NC5=O)C4=O)C(F)(F)C3)cc21. The summed E-state index contributed by atoms with van der Waals surface area (Å²) in [5.74, 6) is -3.95. The molecule has 4 aliphatic heterocycles. The number of alkyl halides is 2. The van der Waals surface area contributed by atoms with Gasteiger partial charge < -0.3 is 9.64 Å². The number of hydrogen-bond acceptors (Lipinski definition) is 6. The summed E-state index contributed by atoms with van der Waals surface area (Å²) in [6, 6.07) is 8.33. The molecular formula is C28H27F2N5O4. The van der Waals surface area contributed by atoms with Gasteiger partial charge in [0.25, 0.3) is 11.8 Å². The van der Waals surface area contributed by atoms with Crippen molar-refractivity contribution in [1.29, 1.82) is 0 Å². The van der Waals surface area contributed by atoms with Crippen LogP contribution < -0.4 is 10.1 Å². The van der Waals surface area contributed by atoms with Crippen molar-refractivity contribution in [2.24, 2.45) is 7.05 Å². The molecule has 39 heavy (non-hydrogen) atoms. The summed E-state index contributed by atoms with van der Waals surface area (Å²) in [7, 11) is 1.86. The molecule has 1 spiro atoms. The average Bonchev–Trinajstić information content (AvgIpc) is 3.56. The molecule has 9 nitrogen and oxygen atoms in total. The summed E-state index contributed by atoms with van der Waals surface area (Å²) >= 11 is 0. The highest BCUT2D eigenvalue weighted by Gasteiger charge is 2.62. The highest BCUT2D eigenvalue weighted by molar-refractivity contribution is 6.05. The van der Waals surface area contributed by atoms with Crippen LogP contribution >= 0.6 is 0 Å². The number of hydrogen-bond donors (Lipinski definition) is 1. The van der Waals surface area contributed by atoms with E-state index < -0.39 is 29.8 Å². The first-order chi connectivity index (χ1) is 18.7. The van der Waals surface area contributed by atoms with Crippen LogP contribution in [-0.2, 0) is 35.1 Å². The van der Waals surface area contributed by atoms with E-state index in [9.17, 15) is 14.4 Å². The van der Waals surface area contributed by atoms with Gasteiger partial charge in [-0.05, 0) is 37.1 Å². The Morgan fingerprint density at radius 3 is 2.82 bits per heavy atom. The van der Waals surface area contributed by atoms with E-state index in [0.29, 0.717) is 35.5 Å². The maximum atomic E-state index is 16.0. The van der Waals surface area contributed by atoms with Crippen LogP contribution in [0, 0.1) is 0 Å². The van der Waals surface area contributed by atoms with Gasteiger partial charge in [-0.1, -0.05) is 18.2 Å². The van der Waals surface area contributed by atoms with E-state index in [0.717, 1.165) is 16.5 Å². The number of aromatic nitrogens is 2. The van der Waals surface area contributed by atoms with Crippen LogP contribution in [0.15, 0.2) is 36.5 Å². The van der Waals surface area contributed by atoms with Crippen molar-refractivity contribution in [3.05, 3.63) is 58.8 Å². The quantitative estimate of drug-likeness (QED) is 0.518. The molecule has 1 N–H and O–H groups in total. The topological polar surface area (TPSA) is 96.8 Å². The zero-order valence-corrected chi connectivity index (χ0v) is 21.4. The van der Waals surface area contributed by atoms with Crippen LogP contribution in [0.25, 0.3) is 10.9 Å². The van der Waals surface area contributed by atoms with E-state index in [4.69, 9.17) is 4.74 Å². The van der Waals surface area contributed by atoms with Crippen molar-refractivity contribution in [3.8, 4) is 5.75 Å². The van der Waals surface area contributed by atoms with Gasteiger partial charge in [0, 0.05) is 42.1 Å². The number of nitrogens with zero attached hydrogens (tertiary/aromatic N) is 4.